The molecule has 0 saturated carbocycles. The molecule has 0 bridgehead atoms. The van der Waals surface area contributed by atoms with Gasteiger partial charge in [0.2, 0.25) is 0 Å². The first kappa shape index (κ1) is 28.8. The summed E-state index contributed by atoms with van der Waals surface area (Å²) in [6, 6.07) is 12.5. The molecule has 6 heteroatoms. The van der Waals surface area contributed by atoms with Gasteiger partial charge in [-0.1, -0.05) is 52.0 Å². The van der Waals surface area contributed by atoms with Crippen LogP contribution in [-0.2, 0) is 9.53 Å². The van der Waals surface area contributed by atoms with Crippen molar-refractivity contribution in [3.05, 3.63) is 72.3 Å². The smallest absolute Gasteiger partial charge is 0.343 e. The first-order valence-electron chi connectivity index (χ1n) is 12.8. The fourth-order valence-electron chi connectivity index (χ4n) is 3.35. The average Bonchev–Trinajstić information content (AvgIpc) is 2.89. The summed E-state index contributed by atoms with van der Waals surface area (Å²) in [5.41, 5.74) is 0.719. The zero-order chi connectivity index (χ0) is 26.2. The van der Waals surface area contributed by atoms with Crippen LogP contribution in [0.25, 0.3) is 0 Å². The van der Waals surface area contributed by atoms with Gasteiger partial charge in [0, 0.05) is 6.42 Å². The number of rotatable bonds is 16. The van der Waals surface area contributed by atoms with E-state index in [0.717, 1.165) is 32.1 Å². The maximum atomic E-state index is 12.4. The van der Waals surface area contributed by atoms with Crippen LogP contribution in [0.3, 0.4) is 0 Å². The third kappa shape index (κ3) is 10.9. The van der Waals surface area contributed by atoms with Crippen LogP contribution in [0.1, 0.15) is 92.4 Å². The highest BCUT2D eigenvalue weighted by Crippen LogP contribution is 2.18. The molecule has 2 rings (SSSR count). The second kappa shape index (κ2) is 16.3. The molecule has 0 unspecified atom stereocenters. The van der Waals surface area contributed by atoms with E-state index in [9.17, 15) is 14.4 Å². The fourth-order valence-corrected chi connectivity index (χ4v) is 3.35. The van der Waals surface area contributed by atoms with Crippen molar-refractivity contribution in [3.8, 4) is 11.5 Å². The van der Waals surface area contributed by atoms with E-state index in [-0.39, 0.29) is 5.97 Å². The Kier molecular flexibility index (Phi) is 13.0. The van der Waals surface area contributed by atoms with E-state index in [2.05, 4.69) is 6.58 Å². The number of allylic oxidation sites excluding steroid dienone is 1. The molecular weight excluding hydrogens is 456 g/mol. The lowest BCUT2D eigenvalue weighted by atomic mass is 10.1. The van der Waals surface area contributed by atoms with Gasteiger partial charge in [0.25, 0.3) is 0 Å². The van der Waals surface area contributed by atoms with Gasteiger partial charge in [-0.3, -0.25) is 4.79 Å². The van der Waals surface area contributed by atoms with Crippen molar-refractivity contribution in [2.45, 2.75) is 71.6 Å². The van der Waals surface area contributed by atoms with E-state index in [4.69, 9.17) is 14.2 Å². The van der Waals surface area contributed by atoms with Crippen LogP contribution >= 0.6 is 0 Å². The molecule has 2 aromatic carbocycles. The lowest BCUT2D eigenvalue weighted by Crippen LogP contribution is -2.12. The van der Waals surface area contributed by atoms with Gasteiger partial charge < -0.3 is 14.2 Å². The van der Waals surface area contributed by atoms with Crippen LogP contribution in [0.15, 0.2) is 61.2 Å². The Balaban J connectivity index is 1.73. The Bertz CT molecular complexity index is 962. The molecule has 0 aliphatic heterocycles. The van der Waals surface area contributed by atoms with Crippen molar-refractivity contribution in [2.24, 2.45) is 5.92 Å². The Morgan fingerprint density at radius 2 is 1.31 bits per heavy atom. The van der Waals surface area contributed by atoms with Crippen LogP contribution < -0.4 is 9.47 Å². The SMILES string of the molecule is C=CCCCCCCCCC(=O)Oc1ccc(C(=O)Oc2ccc(C(=O)OC[C@H](C)CC)cc2)cc1. The minimum absolute atomic E-state index is 0.278. The van der Waals surface area contributed by atoms with Gasteiger partial charge in [-0.15, -0.1) is 6.58 Å². The molecule has 0 aliphatic rings. The molecule has 0 fully saturated rings. The fraction of sp³-hybridized carbons (Fsp3) is 0.433. The second-order valence-corrected chi connectivity index (χ2v) is 8.97. The lowest BCUT2D eigenvalue weighted by molar-refractivity contribution is -0.134. The van der Waals surface area contributed by atoms with E-state index >= 15 is 0 Å². The third-order valence-corrected chi connectivity index (χ3v) is 5.86. The molecule has 0 saturated heterocycles. The zero-order valence-electron chi connectivity index (χ0n) is 21.5. The van der Waals surface area contributed by atoms with Gasteiger partial charge in [0.1, 0.15) is 11.5 Å². The molecule has 0 radical (unpaired) electrons. The quantitative estimate of drug-likeness (QED) is 0.105. The highest BCUT2D eigenvalue weighted by atomic mass is 16.5. The molecule has 0 amide bonds. The number of carbonyl (C=O) groups excluding carboxylic acids is 3. The minimum Gasteiger partial charge on any atom is -0.462 e. The van der Waals surface area contributed by atoms with Gasteiger partial charge >= 0.3 is 17.9 Å². The van der Waals surface area contributed by atoms with Crippen molar-refractivity contribution in [3.63, 3.8) is 0 Å². The summed E-state index contributed by atoms with van der Waals surface area (Å²) >= 11 is 0. The van der Waals surface area contributed by atoms with E-state index in [1.807, 2.05) is 19.9 Å². The zero-order valence-corrected chi connectivity index (χ0v) is 21.5. The molecule has 2 aromatic rings. The predicted octanol–water partition coefficient (Wildman–Crippen LogP) is 7.32. The van der Waals surface area contributed by atoms with Crippen LogP contribution in [0.2, 0.25) is 0 Å². The molecule has 1 atom stereocenters. The van der Waals surface area contributed by atoms with Gasteiger partial charge in [-0.05, 0) is 73.7 Å². The summed E-state index contributed by atoms with van der Waals surface area (Å²) in [6.07, 6.45) is 10.8. The van der Waals surface area contributed by atoms with Crippen LogP contribution in [0, 0.1) is 5.92 Å². The number of benzene rings is 2. The van der Waals surface area contributed by atoms with E-state index in [1.165, 1.54) is 19.3 Å². The lowest BCUT2D eigenvalue weighted by Gasteiger charge is -2.10. The molecule has 0 aliphatic carbocycles. The molecular formula is C30H38O6. The van der Waals surface area contributed by atoms with Crippen molar-refractivity contribution in [2.75, 3.05) is 6.61 Å². The summed E-state index contributed by atoms with van der Waals surface area (Å²) in [4.78, 5) is 36.6. The van der Waals surface area contributed by atoms with Gasteiger partial charge in [-0.25, -0.2) is 9.59 Å². The van der Waals surface area contributed by atoms with E-state index in [1.54, 1.807) is 48.5 Å². The normalized spacial score (nSPS) is 11.4. The van der Waals surface area contributed by atoms with Crippen LogP contribution in [0.5, 0.6) is 11.5 Å². The number of hydrogen-bond donors (Lipinski definition) is 0. The number of esters is 3. The number of ether oxygens (including phenoxy) is 3. The Labute approximate surface area is 214 Å². The monoisotopic (exact) mass is 494 g/mol. The topological polar surface area (TPSA) is 78.9 Å². The molecule has 0 N–H and O–H groups in total. The Morgan fingerprint density at radius 3 is 1.89 bits per heavy atom. The summed E-state index contributed by atoms with van der Waals surface area (Å²) in [6.45, 7) is 8.15. The summed E-state index contributed by atoms with van der Waals surface area (Å²) in [5.74, 6) is -0.224. The summed E-state index contributed by atoms with van der Waals surface area (Å²) in [7, 11) is 0. The Morgan fingerprint density at radius 1 is 0.778 bits per heavy atom. The predicted molar refractivity (Wildman–Crippen MR) is 140 cm³/mol. The highest BCUT2D eigenvalue weighted by molar-refractivity contribution is 5.92. The largest absolute Gasteiger partial charge is 0.462 e. The van der Waals surface area contributed by atoms with Gasteiger partial charge in [-0.2, -0.15) is 0 Å². The first-order chi connectivity index (χ1) is 17.4. The maximum Gasteiger partial charge on any atom is 0.343 e. The van der Waals surface area contributed by atoms with E-state index < -0.39 is 11.9 Å². The number of unbranched alkanes of at least 4 members (excludes halogenated alkanes) is 6. The molecule has 0 heterocycles. The molecule has 6 nitrogen and oxygen atoms in total. The third-order valence-electron chi connectivity index (χ3n) is 5.86. The summed E-state index contributed by atoms with van der Waals surface area (Å²) < 4.78 is 16.0. The van der Waals surface area contributed by atoms with Crippen molar-refractivity contribution in [1.29, 1.82) is 0 Å². The first-order valence-corrected chi connectivity index (χ1v) is 12.8. The number of hydrogen-bond acceptors (Lipinski definition) is 6. The molecule has 36 heavy (non-hydrogen) atoms. The standard InChI is InChI=1S/C30H38O6/c1-4-6-7-8-9-10-11-12-13-28(31)35-26-18-16-25(17-19-26)30(33)36-27-20-14-24(15-21-27)29(32)34-22-23(3)5-2/h4,14-21,23H,1,5-13,22H2,2-3H3/t23-/m1/s1. The molecule has 194 valence electrons. The van der Waals surface area contributed by atoms with Gasteiger partial charge in [0.15, 0.2) is 0 Å². The minimum atomic E-state index is -0.548. The van der Waals surface area contributed by atoms with Crippen molar-refractivity contribution < 1.29 is 28.6 Å². The highest BCUT2D eigenvalue weighted by Gasteiger charge is 2.13. The second-order valence-electron chi connectivity index (χ2n) is 8.97. The number of carbonyl (C=O) groups is 3. The van der Waals surface area contributed by atoms with Crippen LogP contribution in [0.4, 0.5) is 0 Å². The van der Waals surface area contributed by atoms with Crippen molar-refractivity contribution >= 4 is 17.9 Å². The van der Waals surface area contributed by atoms with Gasteiger partial charge in [0.05, 0.1) is 17.7 Å². The van der Waals surface area contributed by atoms with E-state index in [0.29, 0.717) is 41.6 Å². The summed E-state index contributed by atoms with van der Waals surface area (Å²) in [5, 5.41) is 0. The van der Waals surface area contributed by atoms with Crippen molar-refractivity contribution in [1.82, 2.24) is 0 Å². The average molecular weight is 495 g/mol. The van der Waals surface area contributed by atoms with Crippen LogP contribution in [-0.4, -0.2) is 24.5 Å². The molecule has 0 spiro atoms. The Hall–Kier alpha value is -3.41. The maximum absolute atomic E-state index is 12.4. The molecule has 0 aromatic heterocycles.